The largest absolute Gasteiger partial charge is 0.343 e. The first-order valence-corrected chi connectivity index (χ1v) is 12.1. The molecular formula is C29H32N4O. The molecule has 0 bridgehead atoms. The maximum absolute atomic E-state index is 13.7. The molecule has 34 heavy (non-hydrogen) atoms. The Morgan fingerprint density at radius 3 is 2.24 bits per heavy atom. The molecule has 1 aliphatic rings. The van der Waals surface area contributed by atoms with Crippen molar-refractivity contribution in [2.24, 2.45) is 0 Å². The second-order valence-electron chi connectivity index (χ2n) is 9.20. The van der Waals surface area contributed by atoms with Crippen LogP contribution in [0.25, 0.3) is 10.9 Å². The highest BCUT2D eigenvalue weighted by atomic mass is 16.2. The minimum Gasteiger partial charge on any atom is -0.343 e. The van der Waals surface area contributed by atoms with Crippen LogP contribution in [-0.2, 0) is 6.54 Å². The number of para-hydroxylation sites is 1. The minimum atomic E-state index is -0.0692. The summed E-state index contributed by atoms with van der Waals surface area (Å²) in [5.41, 5.74) is 4.09. The number of nitrogens with zero attached hydrogens (tertiary/aromatic N) is 3. The number of piperazine rings is 1. The Morgan fingerprint density at radius 1 is 0.853 bits per heavy atom. The summed E-state index contributed by atoms with van der Waals surface area (Å²) < 4.78 is 2.14. The molecule has 1 atom stereocenters. The number of likely N-dealkylation sites (N-methyl/N-ethyl adjacent to an activating group) is 1. The summed E-state index contributed by atoms with van der Waals surface area (Å²) >= 11 is 0. The number of rotatable bonds is 7. The molecule has 2 heterocycles. The van der Waals surface area contributed by atoms with Gasteiger partial charge in [-0.05, 0) is 30.3 Å². The summed E-state index contributed by atoms with van der Waals surface area (Å²) in [6.07, 6.45) is 0. The van der Waals surface area contributed by atoms with Gasteiger partial charge in [0.2, 0.25) is 0 Å². The molecule has 1 fully saturated rings. The van der Waals surface area contributed by atoms with Gasteiger partial charge in [-0.25, -0.2) is 0 Å². The van der Waals surface area contributed by atoms with Crippen molar-refractivity contribution in [1.82, 2.24) is 19.7 Å². The van der Waals surface area contributed by atoms with Gasteiger partial charge in [-0.3, -0.25) is 9.69 Å². The zero-order valence-corrected chi connectivity index (χ0v) is 19.7. The molecule has 3 aromatic carbocycles. The molecule has 1 saturated heterocycles. The molecule has 1 unspecified atom stereocenters. The fourth-order valence-corrected chi connectivity index (χ4v) is 4.78. The van der Waals surface area contributed by atoms with E-state index < -0.39 is 0 Å². The van der Waals surface area contributed by atoms with E-state index in [-0.39, 0.29) is 11.9 Å². The highest BCUT2D eigenvalue weighted by Gasteiger charge is 2.23. The van der Waals surface area contributed by atoms with E-state index in [9.17, 15) is 4.79 Å². The maximum atomic E-state index is 13.7. The Kier molecular flexibility index (Phi) is 6.74. The normalized spacial score (nSPS) is 15.9. The quantitative estimate of drug-likeness (QED) is 0.452. The van der Waals surface area contributed by atoms with Gasteiger partial charge < -0.3 is 14.8 Å². The van der Waals surface area contributed by atoms with E-state index in [1.165, 1.54) is 5.56 Å². The summed E-state index contributed by atoms with van der Waals surface area (Å²) in [5.74, 6) is -0.0323. The van der Waals surface area contributed by atoms with Crippen LogP contribution in [-0.4, -0.2) is 60.0 Å². The predicted octanol–water partition coefficient (Wildman–Crippen LogP) is 4.41. The molecular weight excluding hydrogens is 420 g/mol. The van der Waals surface area contributed by atoms with Crippen molar-refractivity contribution in [3.8, 4) is 0 Å². The van der Waals surface area contributed by atoms with Gasteiger partial charge in [0.05, 0.1) is 6.04 Å². The van der Waals surface area contributed by atoms with Crippen LogP contribution in [0.1, 0.15) is 27.7 Å². The average molecular weight is 453 g/mol. The Balaban J connectivity index is 1.44. The lowest BCUT2D eigenvalue weighted by molar-refractivity contribution is 0.0899. The van der Waals surface area contributed by atoms with E-state index in [1.807, 2.05) is 54.6 Å². The zero-order chi connectivity index (χ0) is 23.3. The molecule has 1 amide bonds. The van der Waals surface area contributed by atoms with E-state index in [4.69, 9.17) is 0 Å². The van der Waals surface area contributed by atoms with Gasteiger partial charge in [-0.15, -0.1) is 0 Å². The molecule has 5 heteroatoms. The Labute approximate surface area is 201 Å². The first kappa shape index (κ1) is 22.4. The minimum absolute atomic E-state index is 0.0323. The van der Waals surface area contributed by atoms with Crippen LogP contribution in [0.2, 0.25) is 0 Å². The van der Waals surface area contributed by atoms with Crippen molar-refractivity contribution in [3.05, 3.63) is 108 Å². The first-order valence-electron chi connectivity index (χ1n) is 12.1. The lowest BCUT2D eigenvalue weighted by atomic mass is 10.1. The molecule has 4 aromatic rings. The lowest BCUT2D eigenvalue weighted by Gasteiger charge is -2.35. The highest BCUT2D eigenvalue weighted by Crippen LogP contribution is 2.23. The Hall–Kier alpha value is -3.41. The summed E-state index contributed by atoms with van der Waals surface area (Å²) in [7, 11) is 2.17. The SMILES string of the molecule is CN1CCN(CC(NC(=O)c2cc3ccccc3n2Cc2ccccc2)c2ccccc2)CC1. The van der Waals surface area contributed by atoms with E-state index in [0.717, 1.165) is 49.2 Å². The Morgan fingerprint density at radius 2 is 1.50 bits per heavy atom. The van der Waals surface area contributed by atoms with Crippen LogP contribution in [0.4, 0.5) is 0 Å². The van der Waals surface area contributed by atoms with Crippen LogP contribution >= 0.6 is 0 Å². The van der Waals surface area contributed by atoms with Gasteiger partial charge in [0.15, 0.2) is 0 Å². The van der Waals surface area contributed by atoms with Gasteiger partial charge in [0.1, 0.15) is 5.69 Å². The molecule has 0 radical (unpaired) electrons. The van der Waals surface area contributed by atoms with E-state index >= 15 is 0 Å². The van der Waals surface area contributed by atoms with Gasteiger partial charge in [-0.2, -0.15) is 0 Å². The number of fused-ring (bicyclic) bond motifs is 1. The molecule has 5 nitrogen and oxygen atoms in total. The number of hydrogen-bond donors (Lipinski definition) is 1. The van der Waals surface area contributed by atoms with Crippen LogP contribution in [0.3, 0.4) is 0 Å². The van der Waals surface area contributed by atoms with Crippen LogP contribution in [0.5, 0.6) is 0 Å². The van der Waals surface area contributed by atoms with Crippen molar-refractivity contribution in [2.75, 3.05) is 39.8 Å². The standard InChI is InChI=1S/C29H32N4O/c1-31-16-18-32(19-17-31)22-26(24-12-6-3-7-13-24)30-29(34)28-20-25-14-8-9-15-27(25)33(28)21-23-10-4-2-5-11-23/h2-15,20,26H,16-19,21-22H2,1H3,(H,30,34). The molecule has 0 aliphatic carbocycles. The fourth-order valence-electron chi connectivity index (χ4n) is 4.78. The molecule has 1 aromatic heterocycles. The predicted molar refractivity (Wildman–Crippen MR) is 138 cm³/mol. The number of nitrogens with one attached hydrogen (secondary N) is 1. The second kappa shape index (κ2) is 10.2. The topological polar surface area (TPSA) is 40.5 Å². The van der Waals surface area contributed by atoms with Crippen molar-refractivity contribution in [3.63, 3.8) is 0 Å². The third-order valence-electron chi connectivity index (χ3n) is 6.77. The molecule has 0 spiro atoms. The number of amides is 1. The summed E-state index contributed by atoms with van der Waals surface area (Å²) in [5, 5.41) is 4.46. The monoisotopic (exact) mass is 452 g/mol. The number of hydrogen-bond acceptors (Lipinski definition) is 3. The first-order chi connectivity index (χ1) is 16.7. The molecule has 1 aliphatic heterocycles. The third-order valence-corrected chi connectivity index (χ3v) is 6.77. The van der Waals surface area contributed by atoms with E-state index in [1.54, 1.807) is 0 Å². The van der Waals surface area contributed by atoms with Crippen LogP contribution in [0.15, 0.2) is 91.0 Å². The summed E-state index contributed by atoms with van der Waals surface area (Å²) in [4.78, 5) is 18.6. The van der Waals surface area contributed by atoms with Crippen molar-refractivity contribution in [2.45, 2.75) is 12.6 Å². The van der Waals surface area contributed by atoms with E-state index in [2.05, 4.69) is 63.1 Å². The highest BCUT2D eigenvalue weighted by molar-refractivity contribution is 5.99. The zero-order valence-electron chi connectivity index (χ0n) is 19.7. The summed E-state index contributed by atoms with van der Waals surface area (Å²) in [6.45, 7) is 5.61. The smallest absolute Gasteiger partial charge is 0.268 e. The molecule has 0 saturated carbocycles. The van der Waals surface area contributed by atoms with Gasteiger partial charge >= 0.3 is 0 Å². The van der Waals surface area contributed by atoms with Crippen molar-refractivity contribution < 1.29 is 4.79 Å². The molecule has 174 valence electrons. The van der Waals surface area contributed by atoms with Gasteiger partial charge in [0.25, 0.3) is 5.91 Å². The number of aromatic nitrogens is 1. The average Bonchev–Trinajstić information content (AvgIpc) is 3.24. The van der Waals surface area contributed by atoms with E-state index in [0.29, 0.717) is 12.2 Å². The fraction of sp³-hybridized carbons (Fsp3) is 0.276. The van der Waals surface area contributed by atoms with Crippen LogP contribution < -0.4 is 5.32 Å². The van der Waals surface area contributed by atoms with Crippen LogP contribution in [0, 0.1) is 0 Å². The molecule has 1 N–H and O–H groups in total. The van der Waals surface area contributed by atoms with Gasteiger partial charge in [-0.1, -0.05) is 78.9 Å². The van der Waals surface area contributed by atoms with Gasteiger partial charge in [0, 0.05) is 50.2 Å². The van der Waals surface area contributed by atoms with Crippen molar-refractivity contribution in [1.29, 1.82) is 0 Å². The maximum Gasteiger partial charge on any atom is 0.268 e. The number of benzene rings is 3. The summed E-state index contributed by atoms with van der Waals surface area (Å²) in [6, 6.07) is 30.8. The Bertz CT molecular complexity index is 1230. The number of carbonyl (C=O) groups is 1. The van der Waals surface area contributed by atoms with Crippen molar-refractivity contribution >= 4 is 16.8 Å². The molecule has 5 rings (SSSR count). The lowest BCUT2D eigenvalue weighted by Crippen LogP contribution is -2.48. The number of carbonyl (C=O) groups excluding carboxylic acids is 1. The third kappa shape index (κ3) is 5.06. The second-order valence-corrected chi connectivity index (χ2v) is 9.20.